The van der Waals surface area contributed by atoms with Gasteiger partial charge in [0.05, 0.1) is 5.41 Å². The third kappa shape index (κ3) is 4.66. The molecule has 1 rings (SSSR count). The maximum atomic E-state index is 12.5. The van der Waals surface area contributed by atoms with Crippen LogP contribution in [-0.4, -0.2) is 16.8 Å². The second-order valence-corrected chi connectivity index (χ2v) is 8.32. The summed E-state index contributed by atoms with van der Waals surface area (Å²) >= 11 is 4.21. The highest BCUT2D eigenvalue weighted by Crippen LogP contribution is 2.39. The summed E-state index contributed by atoms with van der Waals surface area (Å²) in [4.78, 5) is 12.5. The molecule has 0 atom stereocenters. The minimum Gasteiger partial charge on any atom is -0.507 e. The molecule has 23 heavy (non-hydrogen) atoms. The highest BCUT2D eigenvalue weighted by Gasteiger charge is 2.31. The number of aromatic hydroxyl groups is 1. The van der Waals surface area contributed by atoms with E-state index >= 15 is 0 Å². The smallest absolute Gasteiger partial charge is 0.316 e. The second kappa shape index (κ2) is 7.16. The van der Waals surface area contributed by atoms with Crippen LogP contribution in [0.4, 0.5) is 0 Å². The fourth-order valence-corrected chi connectivity index (χ4v) is 2.57. The first-order chi connectivity index (χ1) is 10.4. The van der Waals surface area contributed by atoms with Crippen molar-refractivity contribution in [3.8, 4) is 11.5 Å². The molecule has 0 spiro atoms. The van der Waals surface area contributed by atoms with Crippen molar-refractivity contribution in [3.63, 3.8) is 0 Å². The molecule has 0 bridgehead atoms. The van der Waals surface area contributed by atoms with Gasteiger partial charge in [0.25, 0.3) is 0 Å². The van der Waals surface area contributed by atoms with E-state index in [0.29, 0.717) is 5.75 Å². The zero-order valence-corrected chi connectivity index (χ0v) is 16.3. The Kier molecular flexibility index (Phi) is 6.19. The average Bonchev–Trinajstić information content (AvgIpc) is 2.44. The maximum absolute atomic E-state index is 12.5. The summed E-state index contributed by atoms with van der Waals surface area (Å²) in [6.07, 6.45) is 1.60. The molecule has 0 aliphatic carbocycles. The molecule has 0 unspecified atom stereocenters. The minimum absolute atomic E-state index is 0.231. The first kappa shape index (κ1) is 19.9. The van der Waals surface area contributed by atoms with E-state index in [4.69, 9.17) is 4.74 Å². The average molecular weight is 339 g/mol. The van der Waals surface area contributed by atoms with Gasteiger partial charge in [-0.15, -0.1) is 0 Å². The van der Waals surface area contributed by atoms with Gasteiger partial charge in [-0.05, 0) is 68.9 Å². The van der Waals surface area contributed by atoms with Crippen LogP contribution in [-0.2, 0) is 10.2 Å². The molecule has 4 heteroatoms. The van der Waals surface area contributed by atoms with E-state index in [-0.39, 0.29) is 17.1 Å². The fraction of sp³-hybridized carbons (Fsp3) is 0.632. The van der Waals surface area contributed by atoms with Crippen molar-refractivity contribution in [3.05, 3.63) is 22.8 Å². The Morgan fingerprint density at radius 3 is 2.22 bits per heavy atom. The predicted molar refractivity (Wildman–Crippen MR) is 98.8 cm³/mol. The molecule has 130 valence electrons. The fourth-order valence-electron chi connectivity index (χ4n) is 2.41. The number of carbonyl (C=O) groups excluding carboxylic acids is 1. The largest absolute Gasteiger partial charge is 0.507 e. The van der Waals surface area contributed by atoms with Crippen LogP contribution >= 0.6 is 12.6 Å². The van der Waals surface area contributed by atoms with Crippen LogP contribution in [0.5, 0.6) is 11.5 Å². The summed E-state index contributed by atoms with van der Waals surface area (Å²) in [5, 5.41) is 10.4. The van der Waals surface area contributed by atoms with Gasteiger partial charge >= 0.3 is 5.97 Å². The van der Waals surface area contributed by atoms with Gasteiger partial charge in [-0.3, -0.25) is 4.79 Å². The van der Waals surface area contributed by atoms with Gasteiger partial charge in [-0.2, -0.15) is 12.6 Å². The number of ether oxygens (including phenoxy) is 1. The van der Waals surface area contributed by atoms with E-state index in [1.165, 1.54) is 0 Å². The summed E-state index contributed by atoms with van der Waals surface area (Å²) in [7, 11) is 0. The Balaban J connectivity index is 3.19. The number of benzene rings is 1. The molecule has 0 aromatic heterocycles. The Labute approximate surface area is 145 Å². The first-order valence-corrected chi connectivity index (χ1v) is 8.72. The second-order valence-electron chi connectivity index (χ2n) is 7.87. The lowest BCUT2D eigenvalue weighted by Gasteiger charge is -2.26. The van der Waals surface area contributed by atoms with Gasteiger partial charge < -0.3 is 9.84 Å². The molecule has 0 heterocycles. The van der Waals surface area contributed by atoms with Crippen LogP contribution in [0.1, 0.15) is 64.2 Å². The Bertz CT molecular complexity index is 583. The molecule has 1 aromatic rings. The molecule has 0 saturated heterocycles. The van der Waals surface area contributed by atoms with E-state index in [1.54, 1.807) is 6.07 Å². The van der Waals surface area contributed by atoms with E-state index < -0.39 is 5.41 Å². The Hall–Kier alpha value is -1.16. The SMILES string of the molecule is Cc1c(OC(=O)C(C)(C)CCCS)cc(C(C)(C)C)c(O)c1C. The molecule has 3 nitrogen and oxygen atoms in total. The van der Waals surface area contributed by atoms with E-state index in [2.05, 4.69) is 12.6 Å². The third-order valence-corrected chi connectivity index (χ3v) is 4.66. The lowest BCUT2D eigenvalue weighted by Crippen LogP contribution is -2.29. The van der Waals surface area contributed by atoms with Crippen molar-refractivity contribution in [1.82, 2.24) is 0 Å². The lowest BCUT2D eigenvalue weighted by molar-refractivity contribution is -0.144. The molecule has 1 N–H and O–H groups in total. The number of rotatable bonds is 5. The molecule has 0 amide bonds. The van der Waals surface area contributed by atoms with Crippen molar-refractivity contribution >= 4 is 18.6 Å². The zero-order valence-electron chi connectivity index (χ0n) is 15.4. The molecule has 0 radical (unpaired) electrons. The monoisotopic (exact) mass is 338 g/mol. The number of thiol groups is 1. The number of phenols is 1. The van der Waals surface area contributed by atoms with Gasteiger partial charge in [0.2, 0.25) is 0 Å². The van der Waals surface area contributed by atoms with Crippen LogP contribution in [0.15, 0.2) is 6.07 Å². The molecule has 1 aromatic carbocycles. The topological polar surface area (TPSA) is 46.5 Å². The molecule has 0 saturated carbocycles. The standard InChI is InChI=1S/C19H30O3S/c1-12-13(2)16(20)14(18(3,4)5)11-15(12)22-17(21)19(6,7)9-8-10-23/h11,20,23H,8-10H2,1-7H3. The minimum atomic E-state index is -0.553. The van der Waals surface area contributed by atoms with Crippen molar-refractivity contribution in [2.75, 3.05) is 5.75 Å². The van der Waals surface area contributed by atoms with Gasteiger partial charge in [0.1, 0.15) is 11.5 Å². The number of phenolic OH excluding ortho intramolecular Hbond substituents is 1. The van der Waals surface area contributed by atoms with E-state index in [9.17, 15) is 9.90 Å². The van der Waals surface area contributed by atoms with Gasteiger partial charge in [0.15, 0.2) is 0 Å². The summed E-state index contributed by atoms with van der Waals surface area (Å²) in [6.45, 7) is 13.6. The third-order valence-electron chi connectivity index (χ3n) is 4.34. The summed E-state index contributed by atoms with van der Waals surface area (Å²) in [5.74, 6) is 1.33. The number of hydrogen-bond acceptors (Lipinski definition) is 4. The number of esters is 1. The maximum Gasteiger partial charge on any atom is 0.316 e. The zero-order chi connectivity index (χ0) is 18.0. The number of carbonyl (C=O) groups is 1. The van der Waals surface area contributed by atoms with Crippen molar-refractivity contribution in [2.45, 2.75) is 66.7 Å². The first-order valence-electron chi connectivity index (χ1n) is 8.08. The normalized spacial score (nSPS) is 12.3. The van der Waals surface area contributed by atoms with Gasteiger partial charge in [0, 0.05) is 5.56 Å². The molecule has 0 fully saturated rings. The van der Waals surface area contributed by atoms with Crippen molar-refractivity contribution in [1.29, 1.82) is 0 Å². The highest BCUT2D eigenvalue weighted by atomic mass is 32.1. The van der Waals surface area contributed by atoms with Crippen LogP contribution in [0.3, 0.4) is 0 Å². The number of hydrogen-bond donors (Lipinski definition) is 2. The van der Waals surface area contributed by atoms with Gasteiger partial charge in [-0.1, -0.05) is 20.8 Å². The molecule has 0 aliphatic heterocycles. The summed E-state index contributed by atoms with van der Waals surface area (Å²) in [5.41, 5.74) is 1.56. The molecule has 0 aliphatic rings. The van der Waals surface area contributed by atoms with Crippen LogP contribution in [0.25, 0.3) is 0 Å². The Morgan fingerprint density at radius 1 is 1.17 bits per heavy atom. The van der Waals surface area contributed by atoms with E-state index in [0.717, 1.165) is 35.3 Å². The van der Waals surface area contributed by atoms with Gasteiger partial charge in [-0.25, -0.2) is 0 Å². The predicted octanol–water partition coefficient (Wildman–Crippen LogP) is 4.95. The van der Waals surface area contributed by atoms with Crippen molar-refractivity contribution in [2.24, 2.45) is 5.41 Å². The lowest BCUT2D eigenvalue weighted by atomic mass is 9.84. The van der Waals surface area contributed by atoms with Crippen LogP contribution in [0, 0.1) is 19.3 Å². The molecular formula is C19H30O3S. The summed E-state index contributed by atoms with van der Waals surface area (Å²) in [6, 6.07) is 1.80. The quantitative estimate of drug-likeness (QED) is 0.454. The molecular weight excluding hydrogens is 308 g/mol. The van der Waals surface area contributed by atoms with Crippen LogP contribution in [0.2, 0.25) is 0 Å². The summed E-state index contributed by atoms with van der Waals surface area (Å²) < 4.78 is 5.70. The van der Waals surface area contributed by atoms with Crippen LogP contribution < -0.4 is 4.74 Å². The van der Waals surface area contributed by atoms with Crippen molar-refractivity contribution < 1.29 is 14.6 Å². The highest BCUT2D eigenvalue weighted by molar-refractivity contribution is 7.80. The van der Waals surface area contributed by atoms with E-state index in [1.807, 2.05) is 48.5 Å². The Morgan fingerprint density at radius 2 is 1.74 bits per heavy atom.